The van der Waals surface area contributed by atoms with Crippen LogP contribution in [-0.2, 0) is 19.1 Å². The molecule has 0 radical (unpaired) electrons. The van der Waals surface area contributed by atoms with Crippen molar-refractivity contribution < 1.29 is 23.9 Å². The molecule has 1 rings (SSSR count). The summed E-state index contributed by atoms with van der Waals surface area (Å²) in [5, 5.41) is 2.41. The van der Waals surface area contributed by atoms with E-state index in [1.165, 1.54) is 27.0 Å². The second-order valence-corrected chi connectivity index (χ2v) is 4.35. The molecule has 0 aromatic heterocycles. The van der Waals surface area contributed by atoms with Crippen LogP contribution in [0.25, 0.3) is 6.08 Å². The highest BCUT2D eigenvalue weighted by Crippen LogP contribution is 2.20. The number of nitrogens with one attached hydrogen (secondary N) is 1. The molecule has 1 N–H and O–H groups in total. The minimum Gasteiger partial charge on any atom is -0.464 e. The fourth-order valence-electron chi connectivity index (χ4n) is 1.64. The van der Waals surface area contributed by atoms with Gasteiger partial charge in [-0.2, -0.15) is 0 Å². The first-order valence-corrected chi connectivity index (χ1v) is 6.20. The number of aryl methyl sites for hydroxylation is 1. The number of esters is 2. The summed E-state index contributed by atoms with van der Waals surface area (Å²) in [6.07, 6.45) is 1.48. The Hall–Kier alpha value is -2.63. The number of ether oxygens (including phenoxy) is 2. The Morgan fingerprint density at radius 3 is 2.33 bits per heavy atom. The number of amides is 1. The maximum atomic E-state index is 11.6. The summed E-state index contributed by atoms with van der Waals surface area (Å²) in [6, 6.07) is 5.00. The Labute approximate surface area is 122 Å². The topological polar surface area (TPSA) is 81.7 Å². The first kappa shape index (κ1) is 16.4. The van der Waals surface area contributed by atoms with Gasteiger partial charge in [-0.05, 0) is 36.3 Å². The summed E-state index contributed by atoms with van der Waals surface area (Å²) >= 11 is 0. The summed E-state index contributed by atoms with van der Waals surface area (Å²) in [4.78, 5) is 33.6. The third-order valence-electron chi connectivity index (χ3n) is 2.48. The lowest BCUT2D eigenvalue weighted by molar-refractivity contribution is -0.137. The lowest BCUT2D eigenvalue weighted by Crippen LogP contribution is -2.25. The van der Waals surface area contributed by atoms with Gasteiger partial charge in [0.25, 0.3) is 0 Å². The lowest BCUT2D eigenvalue weighted by atomic mass is 10.1. The predicted octanol–water partition coefficient (Wildman–Crippen LogP) is 1.57. The molecule has 0 fully saturated rings. The molecule has 0 saturated carbocycles. The number of methoxy groups -OCH3 is 1. The fourth-order valence-corrected chi connectivity index (χ4v) is 1.64. The van der Waals surface area contributed by atoms with Crippen molar-refractivity contribution in [2.24, 2.45) is 0 Å². The van der Waals surface area contributed by atoms with Gasteiger partial charge in [0.1, 0.15) is 11.4 Å². The van der Waals surface area contributed by atoms with E-state index in [0.717, 1.165) is 5.56 Å². The summed E-state index contributed by atoms with van der Waals surface area (Å²) in [5.74, 6) is -0.986. The van der Waals surface area contributed by atoms with E-state index in [0.29, 0.717) is 11.3 Å². The van der Waals surface area contributed by atoms with Gasteiger partial charge in [-0.25, -0.2) is 4.79 Å². The first-order valence-electron chi connectivity index (χ1n) is 6.20. The van der Waals surface area contributed by atoms with E-state index in [4.69, 9.17) is 4.74 Å². The number of carbonyl (C=O) groups is 3. The number of hydrogen-bond donors (Lipinski definition) is 1. The summed E-state index contributed by atoms with van der Waals surface area (Å²) in [7, 11) is 1.23. The molecule has 21 heavy (non-hydrogen) atoms. The molecular weight excluding hydrogens is 274 g/mol. The molecule has 1 aromatic carbocycles. The molecule has 1 amide bonds. The van der Waals surface area contributed by atoms with Crippen LogP contribution in [0.1, 0.15) is 25.0 Å². The van der Waals surface area contributed by atoms with Crippen LogP contribution in [0.15, 0.2) is 23.9 Å². The zero-order valence-corrected chi connectivity index (χ0v) is 12.4. The van der Waals surface area contributed by atoms with Crippen LogP contribution < -0.4 is 10.1 Å². The maximum absolute atomic E-state index is 11.6. The van der Waals surface area contributed by atoms with Crippen LogP contribution in [0.2, 0.25) is 0 Å². The molecule has 0 aliphatic rings. The Kier molecular flexibility index (Phi) is 5.66. The highest BCUT2D eigenvalue weighted by atomic mass is 16.5. The van der Waals surface area contributed by atoms with Gasteiger partial charge in [0.15, 0.2) is 0 Å². The van der Waals surface area contributed by atoms with Gasteiger partial charge in [-0.15, -0.1) is 0 Å². The molecule has 0 saturated heterocycles. The van der Waals surface area contributed by atoms with E-state index in [9.17, 15) is 14.4 Å². The number of carbonyl (C=O) groups excluding carboxylic acids is 3. The predicted molar refractivity (Wildman–Crippen MR) is 76.3 cm³/mol. The fraction of sp³-hybridized carbons (Fsp3) is 0.267. The summed E-state index contributed by atoms with van der Waals surface area (Å²) in [6.45, 7) is 4.39. The monoisotopic (exact) mass is 291 g/mol. The molecular formula is C15H17NO5. The zero-order chi connectivity index (χ0) is 16.0. The third-order valence-corrected chi connectivity index (χ3v) is 2.48. The van der Waals surface area contributed by atoms with Crippen molar-refractivity contribution in [3.05, 3.63) is 35.0 Å². The lowest BCUT2D eigenvalue weighted by Gasteiger charge is -2.08. The van der Waals surface area contributed by atoms with E-state index in [1.54, 1.807) is 25.1 Å². The van der Waals surface area contributed by atoms with Crippen LogP contribution >= 0.6 is 0 Å². The van der Waals surface area contributed by atoms with Crippen LogP contribution in [0.5, 0.6) is 5.75 Å². The van der Waals surface area contributed by atoms with Gasteiger partial charge in [-0.1, -0.05) is 6.07 Å². The van der Waals surface area contributed by atoms with Crippen molar-refractivity contribution >= 4 is 23.9 Å². The molecule has 6 nitrogen and oxygen atoms in total. The van der Waals surface area contributed by atoms with E-state index >= 15 is 0 Å². The van der Waals surface area contributed by atoms with Crippen LogP contribution in [0.4, 0.5) is 0 Å². The van der Waals surface area contributed by atoms with Crippen LogP contribution in [0.3, 0.4) is 0 Å². The molecule has 1 aromatic rings. The van der Waals surface area contributed by atoms with Crippen molar-refractivity contribution in [3.8, 4) is 5.75 Å². The minimum absolute atomic E-state index is 0.0321. The van der Waals surface area contributed by atoms with Gasteiger partial charge in [0, 0.05) is 13.8 Å². The van der Waals surface area contributed by atoms with Crippen LogP contribution in [-0.4, -0.2) is 25.0 Å². The van der Waals surface area contributed by atoms with Crippen molar-refractivity contribution in [1.29, 1.82) is 0 Å². The second-order valence-electron chi connectivity index (χ2n) is 4.35. The van der Waals surface area contributed by atoms with Gasteiger partial charge < -0.3 is 14.8 Å². The largest absolute Gasteiger partial charge is 0.464 e. The number of hydrogen-bond acceptors (Lipinski definition) is 5. The van der Waals surface area contributed by atoms with E-state index < -0.39 is 11.9 Å². The average Bonchev–Trinajstić information content (AvgIpc) is 2.39. The van der Waals surface area contributed by atoms with Crippen molar-refractivity contribution in [2.45, 2.75) is 20.8 Å². The highest BCUT2D eigenvalue weighted by molar-refractivity contribution is 5.97. The van der Waals surface area contributed by atoms with Gasteiger partial charge in [0.05, 0.1) is 7.11 Å². The van der Waals surface area contributed by atoms with Gasteiger partial charge in [-0.3, -0.25) is 9.59 Å². The van der Waals surface area contributed by atoms with E-state index in [-0.39, 0.29) is 11.6 Å². The highest BCUT2D eigenvalue weighted by Gasteiger charge is 2.11. The molecule has 0 unspecified atom stereocenters. The van der Waals surface area contributed by atoms with Crippen molar-refractivity contribution in [1.82, 2.24) is 5.32 Å². The van der Waals surface area contributed by atoms with Gasteiger partial charge in [0.2, 0.25) is 5.91 Å². The molecule has 112 valence electrons. The average molecular weight is 291 g/mol. The maximum Gasteiger partial charge on any atom is 0.354 e. The molecule has 0 aliphatic heterocycles. The Morgan fingerprint density at radius 2 is 1.86 bits per heavy atom. The first-order chi connectivity index (χ1) is 9.83. The zero-order valence-electron chi connectivity index (χ0n) is 12.4. The third kappa shape index (κ3) is 5.10. The van der Waals surface area contributed by atoms with Gasteiger partial charge >= 0.3 is 11.9 Å². The number of rotatable bonds is 4. The molecule has 0 atom stereocenters. The summed E-state index contributed by atoms with van der Waals surface area (Å²) < 4.78 is 9.62. The Balaban J connectivity index is 3.10. The van der Waals surface area contributed by atoms with Crippen LogP contribution in [0, 0.1) is 6.92 Å². The molecule has 0 heterocycles. The smallest absolute Gasteiger partial charge is 0.354 e. The Morgan fingerprint density at radius 1 is 1.19 bits per heavy atom. The SMILES string of the molecule is COC(=O)/C(=C\c1ccc(OC(C)=O)c(C)c1)NC(C)=O. The quantitative estimate of drug-likeness (QED) is 0.517. The van der Waals surface area contributed by atoms with Crippen molar-refractivity contribution in [2.75, 3.05) is 7.11 Å². The molecule has 0 spiro atoms. The molecule has 0 bridgehead atoms. The molecule has 6 heteroatoms. The minimum atomic E-state index is -0.646. The van der Waals surface area contributed by atoms with E-state index in [1.807, 2.05) is 0 Å². The second kappa shape index (κ2) is 7.23. The standard InChI is InChI=1S/C15H17NO5/c1-9-7-12(5-6-14(9)21-11(3)18)8-13(15(19)20-4)16-10(2)17/h5-8H,1-4H3,(H,16,17)/b13-8+. The van der Waals surface area contributed by atoms with Crippen molar-refractivity contribution in [3.63, 3.8) is 0 Å². The van der Waals surface area contributed by atoms with E-state index in [2.05, 4.69) is 10.1 Å². The summed E-state index contributed by atoms with van der Waals surface area (Å²) in [5.41, 5.74) is 1.42. The normalized spacial score (nSPS) is 10.8. The number of benzene rings is 1. The Bertz CT molecular complexity index is 604. The molecule has 0 aliphatic carbocycles.